The summed E-state index contributed by atoms with van der Waals surface area (Å²) in [6, 6.07) is 23.0. The van der Waals surface area contributed by atoms with Crippen LogP contribution >= 0.6 is 0 Å². The Morgan fingerprint density at radius 1 is 0.889 bits per heavy atom. The molecule has 1 aliphatic heterocycles. The molecule has 0 radical (unpaired) electrons. The van der Waals surface area contributed by atoms with Crippen LogP contribution in [0.2, 0.25) is 0 Å². The van der Waals surface area contributed by atoms with Crippen molar-refractivity contribution in [3.05, 3.63) is 78.4 Å². The van der Waals surface area contributed by atoms with E-state index < -0.39 is 0 Å². The fourth-order valence-electron chi connectivity index (χ4n) is 4.34. The largest absolute Gasteiger partial charge is 0.488 e. The van der Waals surface area contributed by atoms with Gasteiger partial charge < -0.3 is 20.1 Å². The van der Waals surface area contributed by atoms with Crippen molar-refractivity contribution in [3.63, 3.8) is 0 Å². The number of benzene rings is 3. The highest BCUT2D eigenvalue weighted by Crippen LogP contribution is 2.33. The number of anilines is 2. The molecule has 1 saturated heterocycles. The molecule has 3 aromatic rings. The Bertz CT molecular complexity index is 1210. The van der Waals surface area contributed by atoms with E-state index in [0.717, 1.165) is 43.5 Å². The molecule has 3 aromatic carbocycles. The van der Waals surface area contributed by atoms with Crippen molar-refractivity contribution >= 4 is 23.2 Å². The number of carbonyl (C=O) groups is 2. The summed E-state index contributed by atoms with van der Waals surface area (Å²) < 4.78 is 11.4. The molecule has 7 nitrogen and oxygen atoms in total. The lowest BCUT2D eigenvalue weighted by molar-refractivity contribution is -0.117. The van der Waals surface area contributed by atoms with E-state index in [1.165, 1.54) is 0 Å². The van der Waals surface area contributed by atoms with Crippen LogP contribution in [0.15, 0.2) is 72.8 Å². The summed E-state index contributed by atoms with van der Waals surface area (Å²) in [5.74, 6) is 0.200. The molecule has 0 aromatic heterocycles. The highest BCUT2D eigenvalue weighted by Gasteiger charge is 2.27. The van der Waals surface area contributed by atoms with E-state index in [-0.39, 0.29) is 30.6 Å². The smallest absolute Gasteiger partial charge is 0.255 e. The molecule has 2 fully saturated rings. The molecule has 36 heavy (non-hydrogen) atoms. The third-order valence-corrected chi connectivity index (χ3v) is 6.51. The number of methoxy groups -OCH3 is 1. The van der Waals surface area contributed by atoms with Gasteiger partial charge in [0.25, 0.3) is 5.91 Å². The second-order valence-electron chi connectivity index (χ2n) is 9.36. The maximum atomic E-state index is 13.0. The Hall–Kier alpha value is -3.68. The predicted molar refractivity (Wildman–Crippen MR) is 140 cm³/mol. The number of nitrogens with one attached hydrogen (secondary N) is 2. The Kier molecular flexibility index (Phi) is 7.30. The number of nitrogens with zero attached hydrogens (tertiary/aromatic N) is 1. The monoisotopic (exact) mass is 485 g/mol. The van der Waals surface area contributed by atoms with Crippen molar-refractivity contribution in [1.29, 1.82) is 0 Å². The summed E-state index contributed by atoms with van der Waals surface area (Å²) in [5.41, 5.74) is 3.86. The van der Waals surface area contributed by atoms with Crippen LogP contribution in [0.4, 0.5) is 11.4 Å². The van der Waals surface area contributed by atoms with Gasteiger partial charge in [-0.05, 0) is 60.7 Å². The zero-order valence-electron chi connectivity index (χ0n) is 20.4. The maximum absolute atomic E-state index is 13.0. The molecule has 1 heterocycles. The first-order valence-corrected chi connectivity index (χ1v) is 12.4. The molecule has 2 aliphatic rings. The van der Waals surface area contributed by atoms with Gasteiger partial charge in [0.2, 0.25) is 5.91 Å². The van der Waals surface area contributed by atoms with Gasteiger partial charge in [0.05, 0.1) is 24.4 Å². The molecule has 186 valence electrons. The van der Waals surface area contributed by atoms with Gasteiger partial charge >= 0.3 is 0 Å². The quantitative estimate of drug-likeness (QED) is 0.455. The number of rotatable bonds is 9. The fourth-order valence-corrected chi connectivity index (χ4v) is 4.34. The third-order valence-electron chi connectivity index (χ3n) is 6.51. The number of ether oxygens (including phenoxy) is 2. The van der Waals surface area contributed by atoms with Crippen LogP contribution in [0.25, 0.3) is 11.1 Å². The Morgan fingerprint density at radius 2 is 1.64 bits per heavy atom. The lowest BCUT2D eigenvalue weighted by atomic mass is 10.1. The molecule has 0 bridgehead atoms. The van der Waals surface area contributed by atoms with Gasteiger partial charge in [-0.15, -0.1) is 0 Å². The molecular weight excluding hydrogens is 454 g/mol. The van der Waals surface area contributed by atoms with Crippen LogP contribution in [0, 0.1) is 0 Å². The molecule has 2 N–H and O–H groups in total. The second kappa shape index (κ2) is 10.9. The van der Waals surface area contributed by atoms with E-state index >= 15 is 0 Å². The first kappa shape index (κ1) is 24.0. The second-order valence-corrected chi connectivity index (χ2v) is 9.36. The first-order valence-electron chi connectivity index (χ1n) is 12.4. The van der Waals surface area contributed by atoms with E-state index in [1.807, 2.05) is 54.6 Å². The van der Waals surface area contributed by atoms with Gasteiger partial charge in [-0.3, -0.25) is 14.5 Å². The van der Waals surface area contributed by atoms with Crippen molar-refractivity contribution < 1.29 is 19.1 Å². The minimum atomic E-state index is -0.251. The highest BCUT2D eigenvalue weighted by molar-refractivity contribution is 6.06. The average Bonchev–Trinajstić information content (AvgIpc) is 3.61. The minimum Gasteiger partial charge on any atom is -0.488 e. The van der Waals surface area contributed by atoms with Crippen LogP contribution in [0.5, 0.6) is 5.75 Å². The number of carbonyl (C=O) groups excluding carboxylic acids is 2. The van der Waals surface area contributed by atoms with Crippen molar-refractivity contribution in [2.24, 2.45) is 0 Å². The third kappa shape index (κ3) is 6.11. The highest BCUT2D eigenvalue weighted by atomic mass is 16.5. The molecular formula is C29H31N3O4. The fraction of sp³-hybridized carbons (Fsp3) is 0.310. The van der Waals surface area contributed by atoms with Crippen LogP contribution in [-0.4, -0.2) is 55.7 Å². The molecule has 1 atom stereocenters. The van der Waals surface area contributed by atoms with Gasteiger partial charge in [0.1, 0.15) is 5.75 Å². The van der Waals surface area contributed by atoms with E-state index in [1.54, 1.807) is 25.3 Å². The number of amides is 2. The lowest BCUT2D eigenvalue weighted by Gasteiger charge is -2.17. The van der Waals surface area contributed by atoms with Crippen molar-refractivity contribution in [1.82, 2.24) is 4.90 Å². The van der Waals surface area contributed by atoms with E-state index in [2.05, 4.69) is 15.5 Å². The molecule has 1 saturated carbocycles. The van der Waals surface area contributed by atoms with Crippen molar-refractivity contribution in [3.8, 4) is 16.9 Å². The molecule has 5 rings (SSSR count). The molecule has 1 unspecified atom stereocenters. The summed E-state index contributed by atoms with van der Waals surface area (Å²) in [4.78, 5) is 27.9. The van der Waals surface area contributed by atoms with Crippen LogP contribution in [0.1, 0.15) is 29.6 Å². The molecule has 0 spiro atoms. The SMILES string of the molecule is COC1CCN(CC(=O)Nc2cc(C(=O)Nc3ccc(-c4ccccc4)cc3)ccc2OC2CC2)C1. The van der Waals surface area contributed by atoms with Gasteiger partial charge in [0.15, 0.2) is 0 Å². The molecule has 1 aliphatic carbocycles. The minimum absolute atomic E-state index is 0.138. The van der Waals surface area contributed by atoms with Crippen LogP contribution in [-0.2, 0) is 9.53 Å². The number of likely N-dealkylation sites (tertiary alicyclic amines) is 1. The Morgan fingerprint density at radius 3 is 2.33 bits per heavy atom. The summed E-state index contributed by atoms with van der Waals surface area (Å²) in [6.45, 7) is 1.83. The Balaban J connectivity index is 1.26. The molecule has 2 amide bonds. The van der Waals surface area contributed by atoms with Crippen molar-refractivity contribution in [2.45, 2.75) is 31.5 Å². The number of hydrogen-bond donors (Lipinski definition) is 2. The first-order chi connectivity index (χ1) is 17.6. The predicted octanol–water partition coefficient (Wildman–Crippen LogP) is 4.81. The summed E-state index contributed by atoms with van der Waals surface area (Å²) in [7, 11) is 1.70. The van der Waals surface area contributed by atoms with Gasteiger partial charge in [-0.1, -0.05) is 42.5 Å². The van der Waals surface area contributed by atoms with Gasteiger partial charge in [-0.25, -0.2) is 0 Å². The van der Waals surface area contributed by atoms with Crippen LogP contribution < -0.4 is 15.4 Å². The average molecular weight is 486 g/mol. The summed E-state index contributed by atoms with van der Waals surface area (Å²) >= 11 is 0. The zero-order valence-corrected chi connectivity index (χ0v) is 20.4. The van der Waals surface area contributed by atoms with E-state index in [0.29, 0.717) is 22.7 Å². The van der Waals surface area contributed by atoms with Crippen LogP contribution in [0.3, 0.4) is 0 Å². The maximum Gasteiger partial charge on any atom is 0.255 e. The van der Waals surface area contributed by atoms with E-state index in [4.69, 9.17) is 9.47 Å². The standard InChI is InChI=1S/C29H31N3O4/c1-35-25-15-16-32(18-25)19-28(33)31-26-17-22(9-14-27(26)36-24-12-13-24)29(34)30-23-10-7-21(8-11-23)20-5-3-2-4-6-20/h2-11,14,17,24-25H,12-13,15-16,18-19H2,1H3,(H,30,34)(H,31,33). The van der Waals surface area contributed by atoms with Gasteiger partial charge in [-0.2, -0.15) is 0 Å². The zero-order chi connectivity index (χ0) is 24.9. The topological polar surface area (TPSA) is 79.9 Å². The summed E-state index contributed by atoms with van der Waals surface area (Å²) in [5, 5.41) is 5.91. The van der Waals surface area contributed by atoms with Crippen molar-refractivity contribution in [2.75, 3.05) is 37.4 Å². The normalized spacial score (nSPS) is 17.5. The Labute approximate surface area is 211 Å². The van der Waals surface area contributed by atoms with Gasteiger partial charge in [0, 0.05) is 31.5 Å². The summed E-state index contributed by atoms with van der Waals surface area (Å²) in [6.07, 6.45) is 3.26. The number of hydrogen-bond acceptors (Lipinski definition) is 5. The lowest BCUT2D eigenvalue weighted by Crippen LogP contribution is -2.32. The van der Waals surface area contributed by atoms with E-state index in [9.17, 15) is 9.59 Å². The molecule has 7 heteroatoms.